The molecule has 2 heterocycles. The molecule has 2 rings (SSSR count). The summed E-state index contributed by atoms with van der Waals surface area (Å²) in [5.74, 6) is -0.0479. The molecule has 6 nitrogen and oxygen atoms in total. The van der Waals surface area contributed by atoms with Crippen LogP contribution < -0.4 is 11.1 Å². The Bertz CT molecular complexity index is 341. The third-order valence-electron chi connectivity index (χ3n) is 4.06. The first-order chi connectivity index (χ1) is 9.41. The fraction of sp³-hybridized carbons (Fsp3) is 0.929. The lowest BCUT2D eigenvalue weighted by molar-refractivity contribution is -0.130. The molecule has 0 bridgehead atoms. The van der Waals surface area contributed by atoms with Crippen molar-refractivity contribution in [3.63, 3.8) is 0 Å². The van der Waals surface area contributed by atoms with Gasteiger partial charge < -0.3 is 20.5 Å². The first kappa shape index (κ1) is 15.7. The Balaban J connectivity index is 1.71. The van der Waals surface area contributed by atoms with Crippen molar-refractivity contribution in [2.75, 3.05) is 46.0 Å². The van der Waals surface area contributed by atoms with Crippen LogP contribution in [0.25, 0.3) is 0 Å². The first-order valence-corrected chi connectivity index (χ1v) is 7.43. The molecule has 3 N–H and O–H groups in total. The molecular weight excluding hydrogens is 258 g/mol. The van der Waals surface area contributed by atoms with Gasteiger partial charge in [0.1, 0.15) is 0 Å². The van der Waals surface area contributed by atoms with E-state index in [0.717, 1.165) is 26.2 Å². The molecule has 1 amide bonds. The Kier molecular flexibility index (Phi) is 5.01. The van der Waals surface area contributed by atoms with Crippen LogP contribution in [0, 0.1) is 0 Å². The average Bonchev–Trinajstić information content (AvgIpc) is 2.38. The molecule has 0 spiro atoms. The molecule has 0 aliphatic carbocycles. The van der Waals surface area contributed by atoms with Crippen LogP contribution >= 0.6 is 0 Å². The number of hydrogen-bond donors (Lipinski definition) is 2. The average molecular weight is 285 g/mol. The lowest BCUT2D eigenvalue weighted by Crippen LogP contribution is -2.58. The summed E-state index contributed by atoms with van der Waals surface area (Å²) in [6, 6.07) is 0. The highest BCUT2D eigenvalue weighted by Crippen LogP contribution is 2.18. The highest BCUT2D eigenvalue weighted by Gasteiger charge is 2.35. The van der Waals surface area contributed by atoms with Crippen molar-refractivity contribution < 1.29 is 14.3 Å². The van der Waals surface area contributed by atoms with Gasteiger partial charge in [0.15, 0.2) is 0 Å². The third-order valence-corrected chi connectivity index (χ3v) is 4.06. The molecule has 0 radical (unpaired) electrons. The lowest BCUT2D eigenvalue weighted by Gasteiger charge is -2.38. The van der Waals surface area contributed by atoms with E-state index in [0.29, 0.717) is 32.6 Å². The number of carbonyl (C=O) groups excluding carboxylic acids is 1. The number of amides is 1. The van der Waals surface area contributed by atoms with Crippen molar-refractivity contribution in [2.45, 2.75) is 37.8 Å². The third kappa shape index (κ3) is 4.15. The minimum absolute atomic E-state index is 0.0479. The van der Waals surface area contributed by atoms with E-state index in [2.05, 4.69) is 24.1 Å². The van der Waals surface area contributed by atoms with Crippen molar-refractivity contribution in [1.29, 1.82) is 0 Å². The summed E-state index contributed by atoms with van der Waals surface area (Å²) in [6.07, 6.45) is 1.20. The molecule has 0 aromatic carbocycles. The maximum Gasteiger partial charge on any atom is 0.240 e. The van der Waals surface area contributed by atoms with Crippen LogP contribution in [0.4, 0.5) is 0 Å². The highest BCUT2D eigenvalue weighted by atomic mass is 16.5. The maximum atomic E-state index is 12.2. The Morgan fingerprint density at radius 2 is 2.00 bits per heavy atom. The van der Waals surface area contributed by atoms with Gasteiger partial charge in [-0.05, 0) is 26.7 Å². The molecule has 0 atom stereocenters. The zero-order valence-corrected chi connectivity index (χ0v) is 12.6. The minimum Gasteiger partial charge on any atom is -0.381 e. The molecular formula is C14H27N3O3. The number of ether oxygens (including phenoxy) is 2. The van der Waals surface area contributed by atoms with Crippen LogP contribution in [-0.2, 0) is 14.3 Å². The summed E-state index contributed by atoms with van der Waals surface area (Å²) in [5.41, 5.74) is 5.29. The van der Waals surface area contributed by atoms with Gasteiger partial charge >= 0.3 is 0 Å². The molecule has 6 heteroatoms. The van der Waals surface area contributed by atoms with Gasteiger partial charge in [0.2, 0.25) is 5.91 Å². The van der Waals surface area contributed by atoms with Gasteiger partial charge in [0.05, 0.1) is 17.7 Å². The van der Waals surface area contributed by atoms with Crippen molar-refractivity contribution >= 4 is 5.91 Å². The van der Waals surface area contributed by atoms with E-state index in [1.54, 1.807) is 0 Å². The fourth-order valence-electron chi connectivity index (χ4n) is 2.77. The van der Waals surface area contributed by atoms with E-state index in [1.165, 1.54) is 0 Å². The summed E-state index contributed by atoms with van der Waals surface area (Å²) in [6.45, 7) is 9.36. The molecule has 0 unspecified atom stereocenters. The first-order valence-electron chi connectivity index (χ1n) is 7.43. The molecule has 2 saturated heterocycles. The maximum absolute atomic E-state index is 12.2. The standard InChI is InChI=1S/C14H27N3O3/c1-13(2)11-17(7-10-20-13)6-5-16-12(18)14(15)3-8-19-9-4-14/h3-11,15H2,1-2H3,(H,16,18). The zero-order valence-electron chi connectivity index (χ0n) is 12.6. The van der Waals surface area contributed by atoms with Crippen LogP contribution in [0.5, 0.6) is 0 Å². The Morgan fingerprint density at radius 1 is 1.30 bits per heavy atom. The topological polar surface area (TPSA) is 76.8 Å². The van der Waals surface area contributed by atoms with Crippen molar-refractivity contribution in [3.05, 3.63) is 0 Å². The fourth-order valence-corrected chi connectivity index (χ4v) is 2.77. The number of nitrogens with two attached hydrogens (primary N) is 1. The van der Waals surface area contributed by atoms with Gasteiger partial charge in [-0.25, -0.2) is 0 Å². The predicted octanol–water partition coefficient (Wildman–Crippen LogP) is -0.279. The number of morpholine rings is 1. The number of hydrogen-bond acceptors (Lipinski definition) is 5. The van der Waals surface area contributed by atoms with Crippen LogP contribution in [-0.4, -0.2) is 67.9 Å². The molecule has 2 aliphatic rings. The van der Waals surface area contributed by atoms with Crippen LogP contribution in [0.15, 0.2) is 0 Å². The van der Waals surface area contributed by atoms with Crippen molar-refractivity contribution in [1.82, 2.24) is 10.2 Å². The highest BCUT2D eigenvalue weighted by molar-refractivity contribution is 5.86. The second kappa shape index (κ2) is 6.39. The molecule has 20 heavy (non-hydrogen) atoms. The predicted molar refractivity (Wildman–Crippen MR) is 76.5 cm³/mol. The SMILES string of the molecule is CC1(C)CN(CCNC(=O)C2(N)CCOCC2)CCO1. The lowest BCUT2D eigenvalue weighted by atomic mass is 9.90. The van der Waals surface area contributed by atoms with E-state index in [-0.39, 0.29) is 11.5 Å². The van der Waals surface area contributed by atoms with E-state index >= 15 is 0 Å². The monoisotopic (exact) mass is 285 g/mol. The second-order valence-corrected chi connectivity index (χ2v) is 6.41. The molecule has 116 valence electrons. The van der Waals surface area contributed by atoms with Crippen molar-refractivity contribution in [3.8, 4) is 0 Å². The molecule has 0 aromatic rings. The quantitative estimate of drug-likeness (QED) is 0.743. The smallest absolute Gasteiger partial charge is 0.240 e. The molecule has 2 aliphatic heterocycles. The zero-order chi connectivity index (χ0) is 14.6. The van der Waals surface area contributed by atoms with Crippen molar-refractivity contribution in [2.24, 2.45) is 5.73 Å². The van der Waals surface area contributed by atoms with Crippen LogP contribution in [0.1, 0.15) is 26.7 Å². The second-order valence-electron chi connectivity index (χ2n) is 6.41. The van der Waals surface area contributed by atoms with Gasteiger partial charge in [0.25, 0.3) is 0 Å². The Hall–Kier alpha value is -0.690. The largest absolute Gasteiger partial charge is 0.381 e. The van der Waals surface area contributed by atoms with E-state index in [9.17, 15) is 4.79 Å². The van der Waals surface area contributed by atoms with Gasteiger partial charge in [-0.2, -0.15) is 0 Å². The van der Waals surface area contributed by atoms with Gasteiger partial charge in [-0.1, -0.05) is 0 Å². The number of nitrogens with zero attached hydrogens (tertiary/aromatic N) is 1. The number of nitrogens with one attached hydrogen (secondary N) is 1. The Morgan fingerprint density at radius 3 is 2.65 bits per heavy atom. The van der Waals surface area contributed by atoms with E-state index < -0.39 is 5.54 Å². The van der Waals surface area contributed by atoms with E-state index in [1.807, 2.05) is 0 Å². The van der Waals surface area contributed by atoms with Gasteiger partial charge in [-0.15, -0.1) is 0 Å². The summed E-state index contributed by atoms with van der Waals surface area (Å²) in [7, 11) is 0. The Labute approximate surface area is 121 Å². The number of carbonyl (C=O) groups is 1. The minimum atomic E-state index is -0.747. The van der Waals surface area contributed by atoms with Gasteiger partial charge in [-0.3, -0.25) is 9.69 Å². The molecule has 0 aromatic heterocycles. The molecule has 2 fully saturated rings. The normalized spacial score (nSPS) is 26.1. The van der Waals surface area contributed by atoms with Crippen LogP contribution in [0.3, 0.4) is 0 Å². The van der Waals surface area contributed by atoms with Gasteiger partial charge in [0, 0.05) is 39.4 Å². The summed E-state index contributed by atoms with van der Waals surface area (Å²) < 4.78 is 10.9. The number of rotatable bonds is 4. The molecule has 0 saturated carbocycles. The van der Waals surface area contributed by atoms with E-state index in [4.69, 9.17) is 15.2 Å². The summed E-state index contributed by atoms with van der Waals surface area (Å²) in [4.78, 5) is 14.5. The summed E-state index contributed by atoms with van der Waals surface area (Å²) in [5, 5.41) is 2.97. The van der Waals surface area contributed by atoms with Crippen LogP contribution in [0.2, 0.25) is 0 Å². The summed E-state index contributed by atoms with van der Waals surface area (Å²) >= 11 is 0.